The van der Waals surface area contributed by atoms with E-state index in [1.165, 1.54) is 6.20 Å². The highest BCUT2D eigenvalue weighted by atomic mass is 35.5. The lowest BCUT2D eigenvalue weighted by Gasteiger charge is -1.91. The lowest BCUT2D eigenvalue weighted by Crippen LogP contribution is -1.86. The van der Waals surface area contributed by atoms with Gasteiger partial charge in [0.15, 0.2) is 5.82 Å². The molecule has 0 bridgehead atoms. The molecule has 0 spiro atoms. The number of aromatic nitrogens is 3. The Kier molecular flexibility index (Phi) is 2.43. The molecule has 72 valence electrons. The second-order valence-corrected chi connectivity index (χ2v) is 2.97. The molecule has 5 nitrogen and oxygen atoms in total. The monoisotopic (exact) mass is 211 g/mol. The van der Waals surface area contributed by atoms with Gasteiger partial charge in [0.25, 0.3) is 5.89 Å². The summed E-state index contributed by atoms with van der Waals surface area (Å²) in [5, 5.41) is 12.8. The standard InChI is InChI=1S/C8H6ClN3O2/c9-5-1-2-6(10-3-5)8-11-7(4-13)12-14-8/h1-3,13H,4H2. The summed E-state index contributed by atoms with van der Waals surface area (Å²) in [6.07, 6.45) is 1.49. The summed E-state index contributed by atoms with van der Waals surface area (Å²) in [5.74, 6) is 0.502. The third-order valence-corrected chi connectivity index (χ3v) is 1.78. The van der Waals surface area contributed by atoms with Crippen molar-refractivity contribution < 1.29 is 9.63 Å². The first-order valence-electron chi connectivity index (χ1n) is 3.85. The average Bonchev–Trinajstić information content (AvgIpc) is 2.67. The Morgan fingerprint density at radius 2 is 2.29 bits per heavy atom. The van der Waals surface area contributed by atoms with E-state index < -0.39 is 0 Å². The van der Waals surface area contributed by atoms with Crippen LogP contribution in [0.15, 0.2) is 22.9 Å². The van der Waals surface area contributed by atoms with Crippen molar-refractivity contribution in [1.82, 2.24) is 15.1 Å². The highest BCUT2D eigenvalue weighted by Gasteiger charge is 2.08. The van der Waals surface area contributed by atoms with Gasteiger partial charge in [-0.2, -0.15) is 4.98 Å². The Balaban J connectivity index is 2.34. The van der Waals surface area contributed by atoms with E-state index in [9.17, 15) is 0 Å². The summed E-state index contributed by atoms with van der Waals surface area (Å²) in [6, 6.07) is 3.34. The molecule has 6 heteroatoms. The molecule has 1 N–H and O–H groups in total. The molecule has 0 saturated carbocycles. The van der Waals surface area contributed by atoms with Crippen LogP contribution >= 0.6 is 11.6 Å². The second-order valence-electron chi connectivity index (χ2n) is 2.54. The first kappa shape index (κ1) is 9.11. The summed E-state index contributed by atoms with van der Waals surface area (Å²) in [6.45, 7) is -0.253. The van der Waals surface area contributed by atoms with Crippen LogP contribution in [0.4, 0.5) is 0 Å². The fourth-order valence-corrected chi connectivity index (χ4v) is 1.04. The summed E-state index contributed by atoms with van der Waals surface area (Å²) >= 11 is 5.66. The third kappa shape index (κ3) is 1.73. The predicted molar refractivity (Wildman–Crippen MR) is 48.5 cm³/mol. The van der Waals surface area contributed by atoms with Crippen LogP contribution < -0.4 is 0 Å². The van der Waals surface area contributed by atoms with Crippen molar-refractivity contribution in [3.05, 3.63) is 29.2 Å². The lowest BCUT2D eigenvalue weighted by molar-refractivity contribution is 0.264. The Labute approximate surface area is 84.4 Å². The van der Waals surface area contributed by atoms with Gasteiger partial charge < -0.3 is 9.63 Å². The van der Waals surface area contributed by atoms with Crippen molar-refractivity contribution in [3.63, 3.8) is 0 Å². The van der Waals surface area contributed by atoms with Crippen molar-refractivity contribution in [2.45, 2.75) is 6.61 Å². The van der Waals surface area contributed by atoms with E-state index >= 15 is 0 Å². The topological polar surface area (TPSA) is 72.0 Å². The molecule has 14 heavy (non-hydrogen) atoms. The van der Waals surface area contributed by atoms with Crippen LogP contribution in [0, 0.1) is 0 Å². The second kappa shape index (κ2) is 3.73. The molecule has 0 amide bonds. The van der Waals surface area contributed by atoms with Crippen LogP contribution in [0.2, 0.25) is 5.02 Å². The Morgan fingerprint density at radius 3 is 2.86 bits per heavy atom. The molecular weight excluding hydrogens is 206 g/mol. The lowest BCUT2D eigenvalue weighted by atomic mass is 10.3. The van der Waals surface area contributed by atoms with Gasteiger partial charge in [-0.3, -0.25) is 0 Å². The molecular formula is C8H6ClN3O2. The Bertz CT molecular complexity index is 426. The fraction of sp³-hybridized carbons (Fsp3) is 0.125. The Morgan fingerprint density at radius 1 is 1.43 bits per heavy atom. The first-order chi connectivity index (χ1) is 6.79. The Hall–Kier alpha value is -1.46. The molecule has 2 aromatic rings. The van der Waals surface area contributed by atoms with Gasteiger partial charge in [-0.05, 0) is 12.1 Å². The number of aliphatic hydroxyl groups excluding tert-OH is 1. The number of aliphatic hydroxyl groups is 1. The molecule has 0 fully saturated rings. The maximum absolute atomic E-state index is 8.72. The molecule has 0 aliphatic rings. The van der Waals surface area contributed by atoms with Crippen molar-refractivity contribution in [2.75, 3.05) is 0 Å². The average molecular weight is 212 g/mol. The number of pyridine rings is 1. The summed E-state index contributed by atoms with van der Waals surface area (Å²) in [5.41, 5.74) is 0.529. The fourth-order valence-electron chi connectivity index (χ4n) is 0.925. The molecule has 0 aromatic carbocycles. The number of halogens is 1. The van der Waals surface area contributed by atoms with Gasteiger partial charge in [-0.15, -0.1) is 0 Å². The van der Waals surface area contributed by atoms with Crippen LogP contribution in [-0.2, 0) is 6.61 Å². The highest BCUT2D eigenvalue weighted by Crippen LogP contribution is 2.16. The molecule has 0 saturated heterocycles. The van der Waals surface area contributed by atoms with Gasteiger partial charge in [0.1, 0.15) is 12.3 Å². The van der Waals surface area contributed by atoms with E-state index in [0.717, 1.165) is 0 Å². The van der Waals surface area contributed by atoms with Crippen LogP contribution in [0.25, 0.3) is 11.6 Å². The maximum Gasteiger partial charge on any atom is 0.276 e. The van der Waals surface area contributed by atoms with Gasteiger partial charge >= 0.3 is 0 Å². The van der Waals surface area contributed by atoms with Crippen LogP contribution in [-0.4, -0.2) is 20.2 Å². The van der Waals surface area contributed by atoms with Gasteiger partial charge in [-0.1, -0.05) is 16.8 Å². The number of hydrogen-bond acceptors (Lipinski definition) is 5. The van der Waals surface area contributed by atoms with Gasteiger partial charge in [0.2, 0.25) is 0 Å². The zero-order valence-corrected chi connectivity index (χ0v) is 7.77. The molecule has 2 aromatic heterocycles. The van der Waals surface area contributed by atoms with Gasteiger partial charge in [0.05, 0.1) is 5.02 Å². The minimum absolute atomic E-state index is 0.233. The normalized spacial score (nSPS) is 10.4. The van der Waals surface area contributed by atoms with E-state index in [0.29, 0.717) is 10.7 Å². The van der Waals surface area contributed by atoms with Crippen LogP contribution in [0.5, 0.6) is 0 Å². The quantitative estimate of drug-likeness (QED) is 0.810. The van der Waals surface area contributed by atoms with Gasteiger partial charge in [0, 0.05) is 6.20 Å². The van der Waals surface area contributed by atoms with Crippen molar-refractivity contribution in [2.24, 2.45) is 0 Å². The summed E-state index contributed by atoms with van der Waals surface area (Å²) in [7, 11) is 0. The van der Waals surface area contributed by atoms with Crippen LogP contribution in [0.3, 0.4) is 0 Å². The minimum Gasteiger partial charge on any atom is -0.388 e. The molecule has 0 aliphatic carbocycles. The van der Waals surface area contributed by atoms with E-state index in [1.54, 1.807) is 12.1 Å². The molecule has 0 aliphatic heterocycles. The molecule has 2 heterocycles. The predicted octanol–water partition coefficient (Wildman–Crippen LogP) is 1.28. The highest BCUT2D eigenvalue weighted by molar-refractivity contribution is 6.30. The molecule has 0 radical (unpaired) electrons. The zero-order chi connectivity index (χ0) is 9.97. The van der Waals surface area contributed by atoms with E-state index in [2.05, 4.69) is 15.1 Å². The van der Waals surface area contributed by atoms with Crippen molar-refractivity contribution in [3.8, 4) is 11.6 Å². The third-order valence-electron chi connectivity index (χ3n) is 1.56. The molecule has 0 atom stereocenters. The zero-order valence-electron chi connectivity index (χ0n) is 7.01. The van der Waals surface area contributed by atoms with Crippen molar-refractivity contribution >= 4 is 11.6 Å². The van der Waals surface area contributed by atoms with Crippen molar-refractivity contribution in [1.29, 1.82) is 0 Å². The molecule has 0 unspecified atom stereocenters. The van der Waals surface area contributed by atoms with Crippen LogP contribution in [0.1, 0.15) is 5.82 Å². The smallest absolute Gasteiger partial charge is 0.276 e. The molecule has 2 rings (SSSR count). The largest absolute Gasteiger partial charge is 0.388 e. The SMILES string of the molecule is OCc1noc(-c2ccc(Cl)cn2)n1. The minimum atomic E-state index is -0.253. The summed E-state index contributed by atoms with van der Waals surface area (Å²) < 4.78 is 4.85. The summed E-state index contributed by atoms with van der Waals surface area (Å²) in [4.78, 5) is 7.88. The number of nitrogens with zero attached hydrogens (tertiary/aromatic N) is 3. The van der Waals surface area contributed by atoms with Gasteiger partial charge in [-0.25, -0.2) is 4.98 Å². The van der Waals surface area contributed by atoms with E-state index in [1.807, 2.05) is 0 Å². The first-order valence-corrected chi connectivity index (χ1v) is 4.23. The number of rotatable bonds is 2. The maximum atomic E-state index is 8.72. The van der Waals surface area contributed by atoms with E-state index in [4.69, 9.17) is 21.2 Å². The van der Waals surface area contributed by atoms with E-state index in [-0.39, 0.29) is 18.3 Å². The number of hydrogen-bond donors (Lipinski definition) is 1.